The van der Waals surface area contributed by atoms with Crippen molar-refractivity contribution in [1.82, 2.24) is 10.2 Å². The van der Waals surface area contributed by atoms with E-state index in [1.54, 1.807) is 0 Å². The molecule has 3 amide bonds. The molecule has 1 aromatic carbocycles. The summed E-state index contributed by atoms with van der Waals surface area (Å²) in [6.45, 7) is 3.75. The molecular formula is C25H31N3O6. The van der Waals surface area contributed by atoms with E-state index in [1.807, 2.05) is 44.2 Å². The molecule has 2 heterocycles. The molecule has 1 aromatic heterocycles. The molecule has 3 rings (SSSR count). The first-order valence-electron chi connectivity index (χ1n) is 11.2. The van der Waals surface area contributed by atoms with E-state index in [2.05, 4.69) is 5.32 Å². The van der Waals surface area contributed by atoms with Crippen LogP contribution in [-0.2, 0) is 25.5 Å². The van der Waals surface area contributed by atoms with Gasteiger partial charge in [0.25, 0.3) is 5.91 Å². The van der Waals surface area contributed by atoms with Crippen LogP contribution in [0.5, 0.6) is 0 Å². The lowest BCUT2D eigenvalue weighted by Gasteiger charge is -2.34. The number of nitrogens with zero attached hydrogens (tertiary/aromatic N) is 1. The Hall–Kier alpha value is -3.46. The van der Waals surface area contributed by atoms with Crippen molar-refractivity contribution in [3.05, 3.63) is 60.1 Å². The molecule has 182 valence electrons. The van der Waals surface area contributed by atoms with E-state index in [0.29, 0.717) is 6.42 Å². The van der Waals surface area contributed by atoms with Crippen LogP contribution in [0, 0.1) is 5.41 Å². The summed E-state index contributed by atoms with van der Waals surface area (Å²) in [7, 11) is 1.42. The summed E-state index contributed by atoms with van der Waals surface area (Å²) in [6, 6.07) is 9.42. The number of ketones is 1. The van der Waals surface area contributed by atoms with Gasteiger partial charge in [-0.25, -0.2) is 0 Å². The molecule has 1 aliphatic rings. The lowest BCUT2D eigenvalue weighted by molar-refractivity contribution is -0.141. The molecule has 9 nitrogen and oxygen atoms in total. The maximum atomic E-state index is 13.5. The van der Waals surface area contributed by atoms with Crippen LogP contribution in [0.4, 0.5) is 0 Å². The molecule has 0 radical (unpaired) electrons. The fourth-order valence-electron chi connectivity index (χ4n) is 4.17. The normalized spacial score (nSPS) is 19.0. The van der Waals surface area contributed by atoms with Crippen LogP contribution in [-0.4, -0.2) is 60.2 Å². The van der Waals surface area contributed by atoms with E-state index in [-0.39, 0.29) is 17.6 Å². The molecular weight excluding hydrogens is 438 g/mol. The van der Waals surface area contributed by atoms with E-state index in [1.165, 1.54) is 36.1 Å². The third-order valence-electron chi connectivity index (χ3n) is 6.14. The molecule has 9 heteroatoms. The number of primary amides is 1. The van der Waals surface area contributed by atoms with Crippen molar-refractivity contribution in [1.29, 1.82) is 0 Å². The van der Waals surface area contributed by atoms with Gasteiger partial charge < -0.3 is 25.1 Å². The number of hydrogen-bond acceptors (Lipinski definition) is 6. The van der Waals surface area contributed by atoms with E-state index < -0.39 is 41.7 Å². The highest BCUT2D eigenvalue weighted by Crippen LogP contribution is 2.30. The number of carbonyl (C=O) groups excluding carboxylic acids is 4. The summed E-state index contributed by atoms with van der Waals surface area (Å²) in [5.74, 6) is -2.21. The Morgan fingerprint density at radius 3 is 2.53 bits per heavy atom. The van der Waals surface area contributed by atoms with Gasteiger partial charge in [0, 0.05) is 7.05 Å². The van der Waals surface area contributed by atoms with Gasteiger partial charge in [0.05, 0.1) is 11.8 Å². The standard InChI is InChI=1S/C25H31N3O6/c1-25(2,11-9-16-7-5-4-6-8-16)13-18(27-23(31)17-10-12-33-14-17)24(32)28(3)20-19(29)15-34-21(20)22(26)30/h4-8,10,12,14,18,20-21H,9,11,13,15H2,1-3H3,(H2,26,30)(H,27,31)/t18-,20?,21?/m0/s1. The molecule has 2 aromatic rings. The number of likely N-dealkylation sites (N-methyl/N-ethyl adjacent to an activating group) is 1. The number of rotatable bonds is 10. The number of nitrogens with one attached hydrogen (secondary N) is 1. The second-order valence-electron chi connectivity index (χ2n) is 9.39. The number of nitrogens with two attached hydrogens (primary N) is 1. The average molecular weight is 470 g/mol. The fourth-order valence-corrected chi connectivity index (χ4v) is 4.17. The number of hydrogen-bond donors (Lipinski definition) is 2. The smallest absolute Gasteiger partial charge is 0.255 e. The van der Waals surface area contributed by atoms with Crippen LogP contribution >= 0.6 is 0 Å². The van der Waals surface area contributed by atoms with Gasteiger partial charge in [-0.15, -0.1) is 0 Å². The van der Waals surface area contributed by atoms with Crippen LogP contribution in [0.1, 0.15) is 42.6 Å². The van der Waals surface area contributed by atoms with Gasteiger partial charge in [-0.3, -0.25) is 19.2 Å². The third kappa shape index (κ3) is 6.11. The largest absolute Gasteiger partial charge is 0.472 e. The molecule has 1 fully saturated rings. The molecule has 1 saturated heterocycles. The third-order valence-corrected chi connectivity index (χ3v) is 6.14. The lowest BCUT2D eigenvalue weighted by Crippen LogP contribution is -2.56. The van der Waals surface area contributed by atoms with Crippen LogP contribution in [0.15, 0.2) is 53.3 Å². The van der Waals surface area contributed by atoms with Gasteiger partial charge in [0.15, 0.2) is 11.9 Å². The second kappa shape index (κ2) is 10.6. The highest BCUT2D eigenvalue weighted by atomic mass is 16.5. The Morgan fingerprint density at radius 1 is 1.21 bits per heavy atom. The monoisotopic (exact) mass is 469 g/mol. The Balaban J connectivity index is 1.79. The molecule has 0 spiro atoms. The van der Waals surface area contributed by atoms with Crippen LogP contribution in [0.3, 0.4) is 0 Å². The van der Waals surface area contributed by atoms with Crippen molar-refractivity contribution >= 4 is 23.5 Å². The number of furan rings is 1. The summed E-state index contributed by atoms with van der Waals surface area (Å²) in [6.07, 6.45) is 3.32. The van der Waals surface area contributed by atoms with E-state index in [9.17, 15) is 19.2 Å². The average Bonchev–Trinajstić information content (AvgIpc) is 3.47. The Bertz CT molecular complexity index is 1020. The van der Waals surface area contributed by atoms with E-state index in [4.69, 9.17) is 14.9 Å². The van der Waals surface area contributed by atoms with Crippen LogP contribution in [0.25, 0.3) is 0 Å². The van der Waals surface area contributed by atoms with Crippen molar-refractivity contribution in [3.8, 4) is 0 Å². The van der Waals surface area contributed by atoms with Gasteiger partial charge in [-0.1, -0.05) is 44.2 Å². The van der Waals surface area contributed by atoms with E-state index >= 15 is 0 Å². The Morgan fingerprint density at radius 2 is 1.91 bits per heavy atom. The van der Waals surface area contributed by atoms with Gasteiger partial charge in [0.1, 0.15) is 25.0 Å². The predicted molar refractivity (Wildman–Crippen MR) is 124 cm³/mol. The van der Waals surface area contributed by atoms with Gasteiger partial charge in [0.2, 0.25) is 11.8 Å². The number of Topliss-reactive ketones (excluding diaryl/α,β-unsaturated/α-hetero) is 1. The number of benzene rings is 1. The van der Waals surface area contributed by atoms with Crippen molar-refractivity contribution in [2.75, 3.05) is 13.7 Å². The highest BCUT2D eigenvalue weighted by Gasteiger charge is 2.45. The summed E-state index contributed by atoms with van der Waals surface area (Å²) < 4.78 is 10.2. The van der Waals surface area contributed by atoms with E-state index in [0.717, 1.165) is 12.8 Å². The first-order valence-corrected chi connectivity index (χ1v) is 11.2. The summed E-state index contributed by atoms with van der Waals surface area (Å²) >= 11 is 0. The zero-order chi connectivity index (χ0) is 24.9. The maximum Gasteiger partial charge on any atom is 0.255 e. The van der Waals surface area contributed by atoms with Crippen LogP contribution in [0.2, 0.25) is 0 Å². The lowest BCUT2D eigenvalue weighted by atomic mass is 9.80. The van der Waals surface area contributed by atoms with Gasteiger partial charge >= 0.3 is 0 Å². The molecule has 34 heavy (non-hydrogen) atoms. The second-order valence-corrected chi connectivity index (χ2v) is 9.39. The molecule has 0 saturated carbocycles. The summed E-state index contributed by atoms with van der Waals surface area (Å²) in [5.41, 5.74) is 6.49. The van der Waals surface area contributed by atoms with Crippen molar-refractivity contribution in [2.24, 2.45) is 11.1 Å². The minimum absolute atomic E-state index is 0.276. The number of ether oxygens (including phenoxy) is 1. The molecule has 1 aliphatic heterocycles. The topological polar surface area (TPSA) is 132 Å². The molecule has 0 aliphatic carbocycles. The Labute approximate surface area is 198 Å². The maximum absolute atomic E-state index is 13.5. The summed E-state index contributed by atoms with van der Waals surface area (Å²) in [5, 5.41) is 2.78. The zero-order valence-electron chi connectivity index (χ0n) is 19.7. The first kappa shape index (κ1) is 25.2. The van der Waals surface area contributed by atoms with Gasteiger partial charge in [-0.2, -0.15) is 0 Å². The highest BCUT2D eigenvalue weighted by molar-refractivity contribution is 6.00. The number of aryl methyl sites for hydroxylation is 1. The molecule has 0 bridgehead atoms. The summed E-state index contributed by atoms with van der Waals surface area (Å²) in [4.78, 5) is 51.6. The van der Waals surface area contributed by atoms with Crippen molar-refractivity contribution < 1.29 is 28.3 Å². The zero-order valence-corrected chi connectivity index (χ0v) is 19.7. The Kier molecular flexibility index (Phi) is 7.88. The van der Waals surface area contributed by atoms with Crippen molar-refractivity contribution in [2.45, 2.75) is 51.3 Å². The molecule has 2 unspecified atom stereocenters. The minimum atomic E-state index is -1.22. The molecule has 3 N–H and O–H groups in total. The number of carbonyl (C=O) groups is 4. The first-order chi connectivity index (χ1) is 16.1. The quantitative estimate of drug-likeness (QED) is 0.544. The fraction of sp³-hybridized carbons (Fsp3) is 0.440. The van der Waals surface area contributed by atoms with Crippen LogP contribution < -0.4 is 11.1 Å². The predicted octanol–water partition coefficient (Wildman–Crippen LogP) is 1.71. The van der Waals surface area contributed by atoms with Crippen molar-refractivity contribution in [3.63, 3.8) is 0 Å². The van der Waals surface area contributed by atoms with Gasteiger partial charge in [-0.05, 0) is 36.3 Å². The SMILES string of the molecule is CN(C(=O)[C@H](CC(C)(C)CCc1ccccc1)NC(=O)c1ccoc1)C1C(=O)COC1C(N)=O. The molecule has 3 atom stereocenters. The minimum Gasteiger partial charge on any atom is -0.472 e. The number of amides is 3.